The summed E-state index contributed by atoms with van der Waals surface area (Å²) in [6.45, 7) is 0. The lowest BCUT2D eigenvalue weighted by atomic mass is 10.1. The highest BCUT2D eigenvalue weighted by Crippen LogP contribution is 2.37. The molecule has 5 rings (SSSR count). The van der Waals surface area contributed by atoms with Gasteiger partial charge in [0.05, 0.1) is 10.4 Å². The molecule has 0 spiro atoms. The van der Waals surface area contributed by atoms with Crippen molar-refractivity contribution in [3.8, 4) is 0 Å². The standard InChI is InChI=1S/C22H15NO2S2/c24-27(25,18-10-2-1-3-11-18)23-21-13-7-6-12-19(21)20-14-16-8-4-5-9-17(16)15-26-22(20)23/h1-15H. The summed E-state index contributed by atoms with van der Waals surface area (Å²) in [5, 5.41) is 5.85. The smallest absolute Gasteiger partial charge is 0.227 e. The first-order valence-corrected chi connectivity index (χ1v) is 10.9. The SMILES string of the molecule is O=S(=O)(c1ccccc1)n1c2c(c3ccccc31)C=c1ccccc1=CS2. The van der Waals surface area contributed by atoms with E-state index in [2.05, 4.69) is 12.1 Å². The van der Waals surface area contributed by atoms with Crippen LogP contribution in [0.5, 0.6) is 0 Å². The minimum atomic E-state index is -3.71. The lowest BCUT2D eigenvalue weighted by molar-refractivity contribution is 0.585. The highest BCUT2D eigenvalue weighted by atomic mass is 32.2. The fraction of sp³-hybridized carbons (Fsp3) is 0. The van der Waals surface area contributed by atoms with Crippen molar-refractivity contribution in [2.45, 2.75) is 9.92 Å². The van der Waals surface area contributed by atoms with Crippen molar-refractivity contribution >= 4 is 44.2 Å². The van der Waals surface area contributed by atoms with E-state index in [0.717, 1.165) is 26.4 Å². The molecule has 0 saturated carbocycles. The summed E-state index contributed by atoms with van der Waals surface area (Å²) < 4.78 is 28.5. The molecule has 3 aromatic carbocycles. The molecule has 132 valence electrons. The summed E-state index contributed by atoms with van der Waals surface area (Å²) in [4.78, 5) is 0.288. The number of hydrogen-bond acceptors (Lipinski definition) is 3. The van der Waals surface area contributed by atoms with E-state index in [0.29, 0.717) is 5.52 Å². The predicted molar refractivity (Wildman–Crippen MR) is 111 cm³/mol. The van der Waals surface area contributed by atoms with Crippen LogP contribution in [0.1, 0.15) is 5.56 Å². The maximum Gasteiger partial charge on any atom is 0.269 e. The van der Waals surface area contributed by atoms with Gasteiger partial charge in [0.1, 0.15) is 5.03 Å². The van der Waals surface area contributed by atoms with E-state index in [-0.39, 0.29) is 4.90 Å². The normalized spacial score (nSPS) is 13.2. The van der Waals surface area contributed by atoms with Crippen LogP contribution in [0.4, 0.5) is 0 Å². The molecule has 0 fully saturated rings. The molecule has 3 nitrogen and oxygen atoms in total. The second kappa shape index (κ2) is 6.15. The Hall–Kier alpha value is -2.76. The van der Waals surface area contributed by atoms with Gasteiger partial charge >= 0.3 is 0 Å². The Kier molecular flexibility index (Phi) is 3.74. The first kappa shape index (κ1) is 16.4. The van der Waals surface area contributed by atoms with Crippen molar-refractivity contribution in [1.29, 1.82) is 0 Å². The van der Waals surface area contributed by atoms with Crippen LogP contribution in [0.25, 0.3) is 22.4 Å². The van der Waals surface area contributed by atoms with Gasteiger partial charge in [-0.05, 0) is 40.1 Å². The van der Waals surface area contributed by atoms with Gasteiger partial charge in [-0.3, -0.25) is 0 Å². The Bertz CT molecular complexity index is 1400. The summed E-state index contributed by atoms with van der Waals surface area (Å²) in [6.07, 6.45) is 2.08. The van der Waals surface area contributed by atoms with Gasteiger partial charge < -0.3 is 0 Å². The summed E-state index contributed by atoms with van der Waals surface area (Å²) in [5.74, 6) is 0. The number of para-hydroxylation sites is 1. The van der Waals surface area contributed by atoms with E-state index < -0.39 is 10.0 Å². The van der Waals surface area contributed by atoms with Crippen LogP contribution in [0.3, 0.4) is 0 Å². The summed E-state index contributed by atoms with van der Waals surface area (Å²) in [7, 11) is -3.71. The van der Waals surface area contributed by atoms with Crippen molar-refractivity contribution in [1.82, 2.24) is 3.97 Å². The second-order valence-corrected chi connectivity index (χ2v) is 8.97. The Labute approximate surface area is 161 Å². The molecular weight excluding hydrogens is 374 g/mol. The molecule has 2 heterocycles. The maximum atomic E-state index is 13.5. The van der Waals surface area contributed by atoms with E-state index in [9.17, 15) is 8.42 Å². The fourth-order valence-corrected chi connectivity index (χ4v) is 6.24. The van der Waals surface area contributed by atoms with Crippen LogP contribution < -0.4 is 10.4 Å². The first-order valence-electron chi connectivity index (χ1n) is 8.54. The zero-order valence-electron chi connectivity index (χ0n) is 14.2. The molecule has 1 aromatic heterocycles. The van der Waals surface area contributed by atoms with Gasteiger partial charge in [0, 0.05) is 10.9 Å². The van der Waals surface area contributed by atoms with Gasteiger partial charge in [0.15, 0.2) is 0 Å². The van der Waals surface area contributed by atoms with E-state index in [1.807, 2.05) is 53.9 Å². The van der Waals surface area contributed by atoms with Crippen LogP contribution in [0.15, 0.2) is 88.8 Å². The average molecular weight is 390 g/mol. The molecule has 0 atom stereocenters. The van der Waals surface area contributed by atoms with Crippen molar-refractivity contribution in [2.24, 2.45) is 0 Å². The van der Waals surface area contributed by atoms with Crippen molar-refractivity contribution in [3.05, 3.63) is 94.9 Å². The maximum absolute atomic E-state index is 13.5. The van der Waals surface area contributed by atoms with Crippen LogP contribution in [-0.4, -0.2) is 12.4 Å². The molecule has 1 aliphatic heterocycles. The summed E-state index contributed by atoms with van der Waals surface area (Å²) >= 11 is 1.45. The lowest BCUT2D eigenvalue weighted by Gasteiger charge is -2.11. The molecule has 5 heteroatoms. The number of hydrogen-bond donors (Lipinski definition) is 0. The number of aromatic nitrogens is 1. The number of fused-ring (bicyclic) bond motifs is 4. The van der Waals surface area contributed by atoms with Crippen molar-refractivity contribution < 1.29 is 8.42 Å². The Balaban J connectivity index is 1.90. The average Bonchev–Trinajstić information content (AvgIpc) is 2.89. The Morgan fingerprint density at radius 2 is 1.41 bits per heavy atom. The number of nitrogens with zero attached hydrogens (tertiary/aromatic N) is 1. The second-order valence-electron chi connectivity index (χ2n) is 6.33. The van der Waals surface area contributed by atoms with E-state index in [1.165, 1.54) is 15.7 Å². The topological polar surface area (TPSA) is 39.1 Å². The number of rotatable bonds is 2. The molecule has 1 aliphatic rings. The van der Waals surface area contributed by atoms with Crippen molar-refractivity contribution in [3.63, 3.8) is 0 Å². The molecule has 0 N–H and O–H groups in total. The molecular formula is C22H15NO2S2. The van der Waals surface area contributed by atoms with E-state index in [1.54, 1.807) is 24.3 Å². The molecule has 0 amide bonds. The monoisotopic (exact) mass is 389 g/mol. The van der Waals surface area contributed by atoms with Gasteiger partial charge in [-0.1, -0.05) is 72.4 Å². The molecule has 0 saturated heterocycles. The summed E-state index contributed by atoms with van der Waals surface area (Å²) in [6, 6.07) is 24.4. The largest absolute Gasteiger partial charge is 0.269 e. The van der Waals surface area contributed by atoms with Crippen LogP contribution in [0, 0.1) is 0 Å². The third kappa shape index (κ3) is 2.54. The van der Waals surface area contributed by atoms with Gasteiger partial charge in [-0.25, -0.2) is 12.4 Å². The molecule has 0 unspecified atom stereocenters. The van der Waals surface area contributed by atoms with Crippen LogP contribution >= 0.6 is 11.8 Å². The van der Waals surface area contributed by atoms with E-state index in [4.69, 9.17) is 0 Å². The van der Waals surface area contributed by atoms with Crippen LogP contribution in [0.2, 0.25) is 0 Å². The van der Waals surface area contributed by atoms with Gasteiger partial charge in [0.2, 0.25) is 0 Å². The third-order valence-electron chi connectivity index (χ3n) is 4.70. The van der Waals surface area contributed by atoms with Gasteiger partial charge in [-0.15, -0.1) is 0 Å². The van der Waals surface area contributed by atoms with Crippen molar-refractivity contribution in [2.75, 3.05) is 0 Å². The molecule has 0 radical (unpaired) electrons. The quantitative estimate of drug-likeness (QED) is 0.526. The number of thioether (sulfide) groups is 1. The predicted octanol–water partition coefficient (Wildman–Crippen LogP) is 3.55. The lowest BCUT2D eigenvalue weighted by Crippen LogP contribution is -2.22. The first-order chi connectivity index (χ1) is 13.2. The van der Waals surface area contributed by atoms with Gasteiger partial charge in [0.25, 0.3) is 10.0 Å². The fourth-order valence-electron chi connectivity index (χ4n) is 3.42. The zero-order chi connectivity index (χ0) is 18.4. The Morgan fingerprint density at radius 1 is 0.741 bits per heavy atom. The minimum absolute atomic E-state index is 0.288. The zero-order valence-corrected chi connectivity index (χ0v) is 15.9. The summed E-state index contributed by atoms with van der Waals surface area (Å²) in [5.41, 5.74) is 1.64. The molecule has 0 bridgehead atoms. The molecule has 0 aliphatic carbocycles. The highest BCUT2D eigenvalue weighted by molar-refractivity contribution is 8.07. The van der Waals surface area contributed by atoms with E-state index >= 15 is 0 Å². The highest BCUT2D eigenvalue weighted by Gasteiger charge is 2.26. The molecule has 27 heavy (non-hydrogen) atoms. The van der Waals surface area contributed by atoms with Gasteiger partial charge in [-0.2, -0.15) is 0 Å². The molecule has 4 aromatic rings. The number of benzene rings is 3. The van der Waals surface area contributed by atoms with Crippen LogP contribution in [-0.2, 0) is 10.0 Å². The third-order valence-corrected chi connectivity index (χ3v) is 7.54. The Morgan fingerprint density at radius 3 is 2.22 bits per heavy atom. The minimum Gasteiger partial charge on any atom is -0.227 e.